The molecule has 3 heteroatoms. The summed E-state index contributed by atoms with van der Waals surface area (Å²) in [4.78, 5) is 4.36. The minimum atomic E-state index is 0.538. The van der Waals surface area contributed by atoms with Crippen LogP contribution in [0.25, 0.3) is 0 Å². The Labute approximate surface area is 103 Å². The van der Waals surface area contributed by atoms with Crippen LogP contribution in [0, 0.1) is 0 Å². The molecule has 0 aliphatic rings. The summed E-state index contributed by atoms with van der Waals surface area (Å²) in [6.07, 6.45) is 7.05. The molecule has 0 aromatic carbocycles. The fourth-order valence-electron chi connectivity index (χ4n) is 1.81. The molecule has 0 saturated heterocycles. The molecule has 0 spiro atoms. The summed E-state index contributed by atoms with van der Waals surface area (Å²) >= 11 is 1.76. The molecule has 16 heavy (non-hydrogen) atoms. The number of unbranched alkanes of at least 4 members (excludes halogenated alkanes) is 1. The van der Waals surface area contributed by atoms with Gasteiger partial charge in [0, 0.05) is 30.1 Å². The quantitative estimate of drug-likeness (QED) is 0.747. The van der Waals surface area contributed by atoms with E-state index in [1.165, 1.54) is 30.7 Å². The molecular weight excluding hydrogens is 216 g/mol. The molecule has 0 saturated carbocycles. The SMILES string of the molecule is CCCCC(CC)NCC(C)c1nccs1. The average molecular weight is 240 g/mol. The van der Waals surface area contributed by atoms with Crippen molar-refractivity contribution in [2.45, 2.75) is 58.4 Å². The highest BCUT2D eigenvalue weighted by atomic mass is 32.1. The van der Waals surface area contributed by atoms with Crippen LogP contribution in [0.3, 0.4) is 0 Å². The van der Waals surface area contributed by atoms with Gasteiger partial charge in [0.05, 0.1) is 5.01 Å². The third-order valence-corrected chi connectivity index (χ3v) is 3.99. The van der Waals surface area contributed by atoms with E-state index in [1.54, 1.807) is 11.3 Å². The lowest BCUT2D eigenvalue weighted by Gasteiger charge is -2.18. The Morgan fingerprint density at radius 1 is 1.44 bits per heavy atom. The van der Waals surface area contributed by atoms with Crippen LogP contribution >= 0.6 is 11.3 Å². The molecule has 0 fully saturated rings. The molecule has 0 aliphatic carbocycles. The number of aromatic nitrogens is 1. The second-order valence-corrected chi connectivity index (χ2v) is 5.35. The van der Waals surface area contributed by atoms with Gasteiger partial charge in [-0.25, -0.2) is 4.98 Å². The molecule has 2 nitrogen and oxygen atoms in total. The van der Waals surface area contributed by atoms with E-state index in [2.05, 4.69) is 36.5 Å². The zero-order chi connectivity index (χ0) is 11.8. The Morgan fingerprint density at radius 3 is 2.81 bits per heavy atom. The zero-order valence-electron chi connectivity index (χ0n) is 10.7. The molecular formula is C13H24N2S. The van der Waals surface area contributed by atoms with Crippen molar-refractivity contribution in [1.82, 2.24) is 10.3 Å². The Morgan fingerprint density at radius 2 is 2.25 bits per heavy atom. The summed E-state index contributed by atoms with van der Waals surface area (Å²) in [5.74, 6) is 0.538. The van der Waals surface area contributed by atoms with Crippen LogP contribution in [0.1, 0.15) is 57.4 Å². The Bertz CT molecular complexity index is 259. The molecule has 0 aliphatic heterocycles. The third kappa shape index (κ3) is 4.62. The topological polar surface area (TPSA) is 24.9 Å². The van der Waals surface area contributed by atoms with Crippen molar-refractivity contribution in [3.63, 3.8) is 0 Å². The maximum absolute atomic E-state index is 4.36. The van der Waals surface area contributed by atoms with Gasteiger partial charge in [-0.1, -0.05) is 33.6 Å². The summed E-state index contributed by atoms with van der Waals surface area (Å²) < 4.78 is 0. The second-order valence-electron chi connectivity index (χ2n) is 4.43. The molecule has 0 bridgehead atoms. The van der Waals surface area contributed by atoms with E-state index in [9.17, 15) is 0 Å². The first-order chi connectivity index (χ1) is 7.77. The van der Waals surface area contributed by atoms with Gasteiger partial charge in [-0.2, -0.15) is 0 Å². The van der Waals surface area contributed by atoms with Gasteiger partial charge in [-0.15, -0.1) is 11.3 Å². The summed E-state index contributed by atoms with van der Waals surface area (Å²) in [7, 11) is 0. The standard InChI is InChI=1S/C13H24N2S/c1-4-6-7-12(5-2)15-10-11(3)13-14-8-9-16-13/h8-9,11-12,15H,4-7,10H2,1-3H3. The number of nitrogens with one attached hydrogen (secondary N) is 1. The number of thiazole rings is 1. The predicted molar refractivity (Wildman–Crippen MR) is 72.1 cm³/mol. The fraction of sp³-hybridized carbons (Fsp3) is 0.769. The van der Waals surface area contributed by atoms with Crippen LogP contribution in [-0.2, 0) is 0 Å². The number of nitrogens with zero attached hydrogens (tertiary/aromatic N) is 1. The molecule has 1 heterocycles. The van der Waals surface area contributed by atoms with E-state index in [1.807, 2.05) is 6.20 Å². The second kappa shape index (κ2) is 7.80. The van der Waals surface area contributed by atoms with Crippen LogP contribution in [-0.4, -0.2) is 17.6 Å². The van der Waals surface area contributed by atoms with E-state index in [0.717, 1.165) is 6.54 Å². The van der Waals surface area contributed by atoms with Crippen LogP contribution in [0.5, 0.6) is 0 Å². The minimum absolute atomic E-state index is 0.538. The van der Waals surface area contributed by atoms with Crippen LogP contribution in [0.2, 0.25) is 0 Å². The van der Waals surface area contributed by atoms with Crippen molar-refractivity contribution < 1.29 is 0 Å². The molecule has 1 aromatic heterocycles. The first-order valence-corrected chi connectivity index (χ1v) is 7.28. The monoisotopic (exact) mass is 240 g/mol. The fourth-order valence-corrected chi connectivity index (χ4v) is 2.51. The number of hydrogen-bond donors (Lipinski definition) is 1. The maximum atomic E-state index is 4.36. The summed E-state index contributed by atoms with van der Waals surface area (Å²) in [5, 5.41) is 6.96. The zero-order valence-corrected chi connectivity index (χ0v) is 11.5. The van der Waals surface area contributed by atoms with Crippen molar-refractivity contribution in [2.75, 3.05) is 6.54 Å². The van der Waals surface area contributed by atoms with E-state index in [-0.39, 0.29) is 0 Å². The molecule has 0 radical (unpaired) electrons. The molecule has 1 N–H and O–H groups in total. The molecule has 2 unspecified atom stereocenters. The normalized spacial score (nSPS) is 14.9. The van der Waals surface area contributed by atoms with Crippen molar-refractivity contribution in [1.29, 1.82) is 0 Å². The lowest BCUT2D eigenvalue weighted by Crippen LogP contribution is -2.31. The van der Waals surface area contributed by atoms with Gasteiger partial charge in [-0.05, 0) is 12.8 Å². The predicted octanol–water partition coefficient (Wildman–Crippen LogP) is 3.81. The Kier molecular flexibility index (Phi) is 6.65. The molecule has 92 valence electrons. The van der Waals surface area contributed by atoms with Gasteiger partial charge in [0.15, 0.2) is 0 Å². The summed E-state index contributed by atoms with van der Waals surface area (Å²) in [6, 6.07) is 0.683. The summed E-state index contributed by atoms with van der Waals surface area (Å²) in [5.41, 5.74) is 0. The van der Waals surface area contributed by atoms with Gasteiger partial charge >= 0.3 is 0 Å². The van der Waals surface area contributed by atoms with E-state index >= 15 is 0 Å². The minimum Gasteiger partial charge on any atom is -0.313 e. The molecule has 1 aromatic rings. The van der Waals surface area contributed by atoms with Gasteiger partial charge in [0.1, 0.15) is 0 Å². The summed E-state index contributed by atoms with van der Waals surface area (Å²) in [6.45, 7) is 7.82. The van der Waals surface area contributed by atoms with Crippen molar-refractivity contribution in [3.8, 4) is 0 Å². The number of rotatable bonds is 8. The third-order valence-electron chi connectivity index (χ3n) is 2.98. The highest BCUT2D eigenvalue weighted by Gasteiger charge is 2.10. The highest BCUT2D eigenvalue weighted by molar-refractivity contribution is 7.09. The Balaban J connectivity index is 2.26. The largest absolute Gasteiger partial charge is 0.313 e. The Hall–Kier alpha value is -0.410. The highest BCUT2D eigenvalue weighted by Crippen LogP contribution is 2.17. The smallest absolute Gasteiger partial charge is 0.0965 e. The molecule has 2 atom stereocenters. The average Bonchev–Trinajstić information content (AvgIpc) is 2.82. The van der Waals surface area contributed by atoms with Crippen molar-refractivity contribution in [3.05, 3.63) is 16.6 Å². The molecule has 0 amide bonds. The van der Waals surface area contributed by atoms with Gasteiger partial charge in [-0.3, -0.25) is 0 Å². The molecule has 1 rings (SSSR count). The first kappa shape index (κ1) is 13.7. The maximum Gasteiger partial charge on any atom is 0.0965 e. The van der Waals surface area contributed by atoms with E-state index < -0.39 is 0 Å². The lowest BCUT2D eigenvalue weighted by molar-refractivity contribution is 0.440. The van der Waals surface area contributed by atoms with Crippen LogP contribution in [0.15, 0.2) is 11.6 Å². The van der Waals surface area contributed by atoms with E-state index in [0.29, 0.717) is 12.0 Å². The van der Waals surface area contributed by atoms with Gasteiger partial charge < -0.3 is 5.32 Å². The van der Waals surface area contributed by atoms with Crippen molar-refractivity contribution >= 4 is 11.3 Å². The van der Waals surface area contributed by atoms with Crippen LogP contribution in [0.4, 0.5) is 0 Å². The van der Waals surface area contributed by atoms with Gasteiger partial charge in [0.25, 0.3) is 0 Å². The van der Waals surface area contributed by atoms with Crippen molar-refractivity contribution in [2.24, 2.45) is 0 Å². The van der Waals surface area contributed by atoms with Gasteiger partial charge in [0.2, 0.25) is 0 Å². The van der Waals surface area contributed by atoms with Crippen LogP contribution < -0.4 is 5.32 Å². The first-order valence-electron chi connectivity index (χ1n) is 6.40. The lowest BCUT2D eigenvalue weighted by atomic mass is 10.1. The van der Waals surface area contributed by atoms with E-state index in [4.69, 9.17) is 0 Å². The number of hydrogen-bond acceptors (Lipinski definition) is 3.